The number of rotatable bonds is 5. The lowest BCUT2D eigenvalue weighted by molar-refractivity contribution is 0.110. The van der Waals surface area contributed by atoms with Crippen LogP contribution in [0.5, 0.6) is 0 Å². The topological polar surface area (TPSA) is 71.4 Å². The smallest absolute Gasteiger partial charge is 0.241 e. The predicted molar refractivity (Wildman–Crippen MR) is 99.2 cm³/mol. The third kappa shape index (κ3) is 4.20. The fourth-order valence-electron chi connectivity index (χ4n) is 3.08. The van der Waals surface area contributed by atoms with Gasteiger partial charge in [-0.25, -0.2) is 0 Å². The first kappa shape index (κ1) is 17.4. The number of nitrogens with zero attached hydrogens (tertiary/aromatic N) is 5. The van der Waals surface area contributed by atoms with Gasteiger partial charge in [-0.1, -0.05) is 38.4 Å². The summed E-state index contributed by atoms with van der Waals surface area (Å²) in [6.07, 6.45) is 0. The van der Waals surface area contributed by atoms with Crippen LogP contribution in [-0.2, 0) is 13.1 Å². The molecule has 0 bridgehead atoms. The van der Waals surface area contributed by atoms with E-state index in [0.29, 0.717) is 18.3 Å². The number of aromatic nitrogens is 3. The van der Waals surface area contributed by atoms with Crippen LogP contribution in [0.25, 0.3) is 11.4 Å². The quantitative estimate of drug-likeness (QED) is 0.631. The van der Waals surface area contributed by atoms with Crippen molar-refractivity contribution < 1.29 is 9.05 Å². The molecule has 0 N–H and O–H groups in total. The molecule has 8 heteroatoms. The van der Waals surface area contributed by atoms with E-state index in [1.807, 2.05) is 37.3 Å². The third-order valence-corrected chi connectivity index (χ3v) is 4.93. The van der Waals surface area contributed by atoms with Gasteiger partial charge in [0.25, 0.3) is 0 Å². The molecule has 0 spiro atoms. The lowest BCUT2D eigenvalue weighted by Gasteiger charge is -2.33. The van der Waals surface area contributed by atoms with Crippen molar-refractivity contribution >= 4 is 15.9 Å². The molecule has 0 atom stereocenters. The van der Waals surface area contributed by atoms with Crippen LogP contribution in [0.3, 0.4) is 0 Å². The Balaban J connectivity index is 1.30. The molecule has 4 rings (SSSR count). The van der Waals surface area contributed by atoms with Gasteiger partial charge in [0.05, 0.1) is 12.2 Å². The number of piperazine rings is 1. The van der Waals surface area contributed by atoms with Gasteiger partial charge < -0.3 is 9.05 Å². The summed E-state index contributed by atoms with van der Waals surface area (Å²) in [4.78, 5) is 9.25. The minimum atomic E-state index is 0.626. The van der Waals surface area contributed by atoms with Crippen molar-refractivity contribution in [2.24, 2.45) is 0 Å². The van der Waals surface area contributed by atoms with Crippen molar-refractivity contribution in [1.29, 1.82) is 0 Å². The average Bonchev–Trinajstić information content (AvgIpc) is 3.26. The predicted octanol–water partition coefficient (Wildman–Crippen LogP) is 3.11. The van der Waals surface area contributed by atoms with E-state index in [4.69, 9.17) is 9.05 Å². The molecule has 2 aromatic heterocycles. The van der Waals surface area contributed by atoms with E-state index in [1.165, 1.54) is 0 Å². The van der Waals surface area contributed by atoms with Gasteiger partial charge in [-0.15, -0.1) is 0 Å². The van der Waals surface area contributed by atoms with Gasteiger partial charge in [0.2, 0.25) is 11.7 Å². The van der Waals surface area contributed by atoms with E-state index in [2.05, 4.69) is 41.0 Å². The summed E-state index contributed by atoms with van der Waals surface area (Å²) in [6.45, 7) is 7.33. The minimum Gasteiger partial charge on any atom is -0.361 e. The first-order valence-electron chi connectivity index (χ1n) is 8.61. The molecule has 7 nitrogen and oxygen atoms in total. The molecular weight excluding hydrogens is 398 g/mol. The van der Waals surface area contributed by atoms with Gasteiger partial charge in [0, 0.05) is 48.8 Å². The molecule has 136 valence electrons. The molecule has 3 aromatic rings. The highest BCUT2D eigenvalue weighted by molar-refractivity contribution is 9.10. The number of hydrogen-bond acceptors (Lipinski definition) is 7. The number of benzene rings is 1. The van der Waals surface area contributed by atoms with Gasteiger partial charge in [-0.2, -0.15) is 4.98 Å². The molecule has 0 saturated carbocycles. The second-order valence-corrected chi connectivity index (χ2v) is 7.42. The highest BCUT2D eigenvalue weighted by Crippen LogP contribution is 2.21. The van der Waals surface area contributed by atoms with Crippen molar-refractivity contribution in [3.05, 3.63) is 52.1 Å². The molecule has 26 heavy (non-hydrogen) atoms. The fraction of sp³-hybridized carbons (Fsp3) is 0.389. The van der Waals surface area contributed by atoms with E-state index in [0.717, 1.165) is 54.2 Å². The van der Waals surface area contributed by atoms with Crippen LogP contribution in [0.2, 0.25) is 0 Å². The zero-order valence-electron chi connectivity index (χ0n) is 14.6. The van der Waals surface area contributed by atoms with Crippen molar-refractivity contribution in [2.45, 2.75) is 20.0 Å². The van der Waals surface area contributed by atoms with Crippen LogP contribution in [0.15, 0.2) is 43.9 Å². The van der Waals surface area contributed by atoms with Gasteiger partial charge >= 0.3 is 0 Å². The number of hydrogen-bond donors (Lipinski definition) is 0. The number of halogens is 1. The Bertz CT molecular complexity index is 870. The zero-order valence-corrected chi connectivity index (χ0v) is 16.1. The molecule has 0 radical (unpaired) electrons. The molecule has 1 aromatic carbocycles. The molecule has 1 aliphatic rings. The second kappa shape index (κ2) is 7.69. The standard InChI is InChI=1S/C18H20BrN5O2/c1-13-9-16(21-25-13)11-23-5-7-24(8-6-23)12-17-20-18(22-26-17)14-3-2-4-15(19)10-14/h2-4,9-10H,5-8,11-12H2,1H3. The molecule has 0 unspecified atom stereocenters. The molecule has 1 saturated heterocycles. The van der Waals surface area contributed by atoms with Crippen molar-refractivity contribution in [3.8, 4) is 11.4 Å². The highest BCUT2D eigenvalue weighted by Gasteiger charge is 2.20. The third-order valence-electron chi connectivity index (χ3n) is 4.44. The van der Waals surface area contributed by atoms with Crippen LogP contribution < -0.4 is 0 Å². The van der Waals surface area contributed by atoms with Crippen molar-refractivity contribution in [2.75, 3.05) is 26.2 Å². The van der Waals surface area contributed by atoms with E-state index in [1.54, 1.807) is 0 Å². The highest BCUT2D eigenvalue weighted by atomic mass is 79.9. The summed E-state index contributed by atoms with van der Waals surface area (Å²) >= 11 is 3.47. The minimum absolute atomic E-state index is 0.626. The summed E-state index contributed by atoms with van der Waals surface area (Å²) in [6, 6.07) is 9.90. The molecule has 0 aliphatic carbocycles. The lowest BCUT2D eigenvalue weighted by atomic mass is 10.2. The number of aryl methyl sites for hydroxylation is 1. The van der Waals surface area contributed by atoms with E-state index in [9.17, 15) is 0 Å². The second-order valence-electron chi connectivity index (χ2n) is 6.50. The first-order valence-corrected chi connectivity index (χ1v) is 9.40. The summed E-state index contributed by atoms with van der Waals surface area (Å²) < 4.78 is 11.6. The Labute approximate surface area is 160 Å². The van der Waals surface area contributed by atoms with Crippen LogP contribution in [0, 0.1) is 6.92 Å². The molecule has 1 aliphatic heterocycles. The van der Waals surface area contributed by atoms with E-state index in [-0.39, 0.29) is 0 Å². The summed E-state index contributed by atoms with van der Waals surface area (Å²) in [7, 11) is 0. The molecular formula is C18H20BrN5O2. The van der Waals surface area contributed by atoms with E-state index < -0.39 is 0 Å². The Morgan fingerprint density at radius 3 is 2.46 bits per heavy atom. The van der Waals surface area contributed by atoms with Gasteiger partial charge in [-0.3, -0.25) is 9.80 Å². The Morgan fingerprint density at radius 2 is 1.77 bits per heavy atom. The maximum Gasteiger partial charge on any atom is 0.241 e. The fourth-order valence-corrected chi connectivity index (χ4v) is 3.48. The maximum atomic E-state index is 5.43. The van der Waals surface area contributed by atoms with Crippen molar-refractivity contribution in [3.63, 3.8) is 0 Å². The largest absolute Gasteiger partial charge is 0.361 e. The Morgan fingerprint density at radius 1 is 1.00 bits per heavy atom. The molecule has 1 fully saturated rings. The normalized spacial score (nSPS) is 16.2. The monoisotopic (exact) mass is 417 g/mol. The summed E-state index contributed by atoms with van der Waals surface area (Å²) in [5.41, 5.74) is 1.94. The van der Waals surface area contributed by atoms with Gasteiger partial charge in [0.15, 0.2) is 0 Å². The van der Waals surface area contributed by atoms with E-state index >= 15 is 0 Å². The van der Waals surface area contributed by atoms with Crippen LogP contribution in [-0.4, -0.2) is 51.3 Å². The van der Waals surface area contributed by atoms with Crippen LogP contribution >= 0.6 is 15.9 Å². The Kier molecular flexibility index (Phi) is 5.14. The van der Waals surface area contributed by atoms with Crippen LogP contribution in [0.1, 0.15) is 17.3 Å². The molecule has 0 amide bonds. The van der Waals surface area contributed by atoms with Gasteiger partial charge in [0.1, 0.15) is 5.76 Å². The lowest BCUT2D eigenvalue weighted by Crippen LogP contribution is -2.45. The molecule has 3 heterocycles. The summed E-state index contributed by atoms with van der Waals surface area (Å²) in [5, 5.41) is 8.17. The zero-order chi connectivity index (χ0) is 17.9. The van der Waals surface area contributed by atoms with Gasteiger partial charge in [-0.05, 0) is 19.1 Å². The van der Waals surface area contributed by atoms with Crippen LogP contribution in [0.4, 0.5) is 0 Å². The maximum absolute atomic E-state index is 5.43. The Hall–Kier alpha value is -2.03. The average molecular weight is 418 g/mol. The van der Waals surface area contributed by atoms with Crippen molar-refractivity contribution in [1.82, 2.24) is 25.1 Å². The SMILES string of the molecule is Cc1cc(CN2CCN(Cc3nc(-c4cccc(Br)c4)no3)CC2)no1. The first-order chi connectivity index (χ1) is 12.7. The summed E-state index contributed by atoms with van der Waals surface area (Å²) in [5.74, 6) is 2.14.